The summed E-state index contributed by atoms with van der Waals surface area (Å²) in [5.41, 5.74) is 7.97. The van der Waals surface area contributed by atoms with E-state index < -0.39 is 11.9 Å². The normalized spacial score (nSPS) is 15.7. The second-order valence-corrected chi connectivity index (χ2v) is 17.9. The number of rotatable bonds is 14. The SMILES string of the molecule is Cc1nc2ccc(NCC(=O)N3CCN(CCn4c(C(=O)O)c(CCCOc5cccc6cc(F)ccc56)c5ccc(Cl)c(-c6c(C)nn(C)c6C)c54)CC3)cc2cc1C1CCC(=O)NC1=O. The summed E-state index contributed by atoms with van der Waals surface area (Å²) in [7, 11) is 1.88. The van der Waals surface area contributed by atoms with Gasteiger partial charge < -0.3 is 24.6 Å². The predicted octanol–water partition coefficient (Wildman–Crippen LogP) is 7.95. The van der Waals surface area contributed by atoms with Gasteiger partial charge in [-0.25, -0.2) is 9.18 Å². The highest BCUT2D eigenvalue weighted by molar-refractivity contribution is 6.35. The van der Waals surface area contributed by atoms with E-state index in [-0.39, 0.29) is 42.2 Å². The van der Waals surface area contributed by atoms with E-state index in [9.17, 15) is 28.7 Å². The number of aryl methyl sites for hydroxylation is 4. The summed E-state index contributed by atoms with van der Waals surface area (Å²) in [5.74, 6) is -1.79. The first-order chi connectivity index (χ1) is 32.2. The van der Waals surface area contributed by atoms with Gasteiger partial charge in [-0.1, -0.05) is 29.8 Å². The summed E-state index contributed by atoms with van der Waals surface area (Å²) in [4.78, 5) is 60.1. The molecule has 2 aliphatic rings. The fraction of sp³-hybridized carbons (Fsp3) is 0.333. The number of benzene rings is 4. The van der Waals surface area contributed by atoms with Gasteiger partial charge in [-0.3, -0.25) is 34.3 Å². The van der Waals surface area contributed by atoms with Gasteiger partial charge >= 0.3 is 5.97 Å². The average Bonchev–Trinajstić information content (AvgIpc) is 3.76. The van der Waals surface area contributed by atoms with Crippen molar-refractivity contribution >= 4 is 73.6 Å². The van der Waals surface area contributed by atoms with Crippen molar-refractivity contribution in [2.24, 2.45) is 7.05 Å². The largest absolute Gasteiger partial charge is 0.493 e. The van der Waals surface area contributed by atoms with Crippen LogP contribution in [0.3, 0.4) is 0 Å². The van der Waals surface area contributed by atoms with E-state index in [0.29, 0.717) is 81.5 Å². The number of halogens is 2. The second-order valence-electron chi connectivity index (χ2n) is 17.5. The Balaban J connectivity index is 0.895. The standard InChI is InChI=1S/C51H52ClFN8O6/c1-29-40(39-14-17-44(62)56-50(39)64)27-33-26-35(11-16-42(33)55-29)54-28-45(63)60-21-18-59(19-22-60)20-23-61-48-38(13-15-41(52)47(48)46-30(2)57-58(4)31(46)3)37(49(61)51(65)66)8-6-24-67-43-9-5-7-32-25-34(53)10-12-36(32)43/h5,7,9-13,15-16,25-27,39,54H,6,8,14,17-24,28H2,1-4H3,(H,65,66)(H,56,62,64). The Labute approximate surface area is 391 Å². The monoisotopic (exact) mass is 926 g/mol. The van der Waals surface area contributed by atoms with Crippen molar-refractivity contribution < 1.29 is 33.4 Å². The number of carboxylic acids is 1. The minimum atomic E-state index is -1.04. The van der Waals surface area contributed by atoms with E-state index in [0.717, 1.165) is 72.0 Å². The molecule has 0 saturated carbocycles. The number of nitrogens with zero attached hydrogens (tertiary/aromatic N) is 6. The number of nitrogens with one attached hydrogen (secondary N) is 2. The third-order valence-electron chi connectivity index (χ3n) is 13.3. The quantitative estimate of drug-likeness (QED) is 0.0721. The fourth-order valence-corrected chi connectivity index (χ4v) is 10.1. The predicted molar refractivity (Wildman–Crippen MR) is 256 cm³/mol. The Morgan fingerprint density at radius 1 is 0.925 bits per heavy atom. The number of hydrogen-bond acceptors (Lipinski definition) is 9. The highest BCUT2D eigenvalue weighted by Crippen LogP contribution is 2.42. The van der Waals surface area contributed by atoms with Crippen LogP contribution in [-0.2, 0) is 34.4 Å². The van der Waals surface area contributed by atoms with Gasteiger partial charge in [0.05, 0.1) is 40.8 Å². The lowest BCUT2D eigenvalue weighted by Gasteiger charge is -2.35. The maximum Gasteiger partial charge on any atom is 0.352 e. The zero-order chi connectivity index (χ0) is 47.1. The van der Waals surface area contributed by atoms with E-state index >= 15 is 0 Å². The maximum atomic E-state index is 13.9. The summed E-state index contributed by atoms with van der Waals surface area (Å²) >= 11 is 7.07. The summed E-state index contributed by atoms with van der Waals surface area (Å²) in [6.07, 6.45) is 1.66. The molecule has 3 amide bonds. The Morgan fingerprint density at radius 2 is 1.72 bits per heavy atom. The highest BCUT2D eigenvalue weighted by Gasteiger charge is 2.31. The van der Waals surface area contributed by atoms with Crippen molar-refractivity contribution in [3.63, 3.8) is 0 Å². The molecule has 0 aliphatic carbocycles. The Hall–Kier alpha value is -6.84. The van der Waals surface area contributed by atoms with Crippen LogP contribution in [0.1, 0.15) is 63.9 Å². The fourth-order valence-electron chi connectivity index (χ4n) is 9.86. The van der Waals surface area contributed by atoms with Crippen molar-refractivity contribution in [3.05, 3.63) is 118 Å². The van der Waals surface area contributed by atoms with E-state index in [1.807, 2.05) is 96.6 Å². The molecule has 7 aromatic rings. The zero-order valence-electron chi connectivity index (χ0n) is 37.9. The Morgan fingerprint density at radius 3 is 2.46 bits per heavy atom. The molecule has 2 saturated heterocycles. The number of carbonyl (C=O) groups excluding carboxylic acids is 3. The molecule has 16 heteroatoms. The van der Waals surface area contributed by atoms with Crippen LogP contribution in [-0.4, -0.2) is 104 Å². The van der Waals surface area contributed by atoms with Gasteiger partial charge in [0.25, 0.3) is 0 Å². The summed E-state index contributed by atoms with van der Waals surface area (Å²) in [5, 5.41) is 25.0. The molecule has 14 nitrogen and oxygen atoms in total. The number of anilines is 1. The summed E-state index contributed by atoms with van der Waals surface area (Å²) in [6, 6.07) is 21.5. The van der Waals surface area contributed by atoms with E-state index in [1.165, 1.54) is 12.1 Å². The van der Waals surface area contributed by atoms with Crippen LogP contribution in [0.2, 0.25) is 5.02 Å². The third-order valence-corrected chi connectivity index (χ3v) is 13.7. The minimum Gasteiger partial charge on any atom is -0.493 e. The second kappa shape index (κ2) is 18.8. The van der Waals surface area contributed by atoms with Gasteiger partial charge in [-0.15, -0.1) is 0 Å². The van der Waals surface area contributed by atoms with Gasteiger partial charge in [0.1, 0.15) is 17.3 Å². The number of hydrogen-bond donors (Lipinski definition) is 3. The van der Waals surface area contributed by atoms with Crippen LogP contribution in [0.5, 0.6) is 5.75 Å². The van der Waals surface area contributed by atoms with Crippen LogP contribution in [0.4, 0.5) is 10.1 Å². The molecule has 0 radical (unpaired) electrons. The molecule has 0 bridgehead atoms. The molecule has 67 heavy (non-hydrogen) atoms. The topological polar surface area (TPSA) is 164 Å². The van der Waals surface area contributed by atoms with E-state index in [2.05, 4.69) is 20.6 Å². The smallest absolute Gasteiger partial charge is 0.352 e. The van der Waals surface area contributed by atoms with Crippen LogP contribution < -0.4 is 15.4 Å². The molecule has 5 heterocycles. The maximum absolute atomic E-state index is 13.9. The van der Waals surface area contributed by atoms with Gasteiger partial charge in [-0.2, -0.15) is 5.10 Å². The number of piperazine rings is 1. The van der Waals surface area contributed by atoms with Crippen molar-refractivity contribution in [1.82, 2.24) is 34.4 Å². The lowest BCUT2D eigenvalue weighted by molar-refractivity contribution is -0.134. The zero-order valence-corrected chi connectivity index (χ0v) is 38.7. The molecular weight excluding hydrogens is 875 g/mol. The first-order valence-electron chi connectivity index (χ1n) is 22.6. The lowest BCUT2D eigenvalue weighted by atomic mass is 9.89. The molecule has 346 valence electrons. The number of fused-ring (bicyclic) bond motifs is 3. The number of imide groups is 1. The Bertz CT molecular complexity index is 3120. The van der Waals surface area contributed by atoms with Crippen LogP contribution >= 0.6 is 11.6 Å². The molecule has 4 aromatic carbocycles. The summed E-state index contributed by atoms with van der Waals surface area (Å²) in [6.45, 7) is 9.33. The van der Waals surface area contributed by atoms with Gasteiger partial charge in [0.15, 0.2) is 0 Å². The Kier molecular flexibility index (Phi) is 12.7. The van der Waals surface area contributed by atoms with Crippen molar-refractivity contribution in [3.8, 4) is 16.9 Å². The lowest BCUT2D eigenvalue weighted by Crippen LogP contribution is -2.50. The number of piperidine rings is 1. The van der Waals surface area contributed by atoms with Crippen LogP contribution in [0.15, 0.2) is 72.8 Å². The third kappa shape index (κ3) is 9.05. The first-order valence-corrected chi connectivity index (χ1v) is 23.0. The van der Waals surface area contributed by atoms with Crippen molar-refractivity contribution in [2.75, 3.05) is 51.2 Å². The molecule has 3 aromatic heterocycles. The molecule has 0 spiro atoms. The molecule has 1 atom stereocenters. The van der Waals surface area contributed by atoms with Gasteiger partial charge in [0.2, 0.25) is 17.7 Å². The van der Waals surface area contributed by atoms with Gasteiger partial charge in [-0.05, 0) is 111 Å². The molecule has 9 rings (SSSR count). The average molecular weight is 927 g/mol. The molecule has 2 aliphatic heterocycles. The van der Waals surface area contributed by atoms with Crippen molar-refractivity contribution in [1.29, 1.82) is 0 Å². The molecule has 1 unspecified atom stereocenters. The van der Waals surface area contributed by atoms with E-state index in [1.54, 1.807) is 6.07 Å². The number of carboxylic acid groups (broad SMARTS) is 1. The van der Waals surface area contributed by atoms with Crippen LogP contribution in [0, 0.1) is 26.6 Å². The van der Waals surface area contributed by atoms with Crippen LogP contribution in [0.25, 0.3) is 43.7 Å². The molecular formula is C51H52ClFN8O6. The van der Waals surface area contributed by atoms with Gasteiger partial charge in [0, 0.05) is 97.1 Å². The molecule has 2 fully saturated rings. The van der Waals surface area contributed by atoms with Crippen molar-refractivity contribution in [2.45, 2.75) is 58.9 Å². The number of carbonyl (C=O) groups is 4. The first kappa shape index (κ1) is 45.3. The van der Waals surface area contributed by atoms with E-state index in [4.69, 9.17) is 21.3 Å². The highest BCUT2D eigenvalue weighted by atomic mass is 35.5. The number of aromatic carboxylic acids is 1. The number of pyridine rings is 1. The minimum absolute atomic E-state index is 0.0416. The number of amides is 3. The number of ether oxygens (including phenoxy) is 1. The molecule has 3 N–H and O–H groups in total. The number of aromatic nitrogens is 4. The summed E-state index contributed by atoms with van der Waals surface area (Å²) < 4.78 is 23.9.